The average Bonchev–Trinajstić information content (AvgIpc) is 2.96. The van der Waals surface area contributed by atoms with Gasteiger partial charge in [0.1, 0.15) is 0 Å². The van der Waals surface area contributed by atoms with Crippen molar-refractivity contribution in [1.82, 2.24) is 14.7 Å². The van der Waals surface area contributed by atoms with Crippen molar-refractivity contribution in [2.24, 2.45) is 5.92 Å². The van der Waals surface area contributed by atoms with E-state index in [4.69, 9.17) is 0 Å². The Hall–Kier alpha value is -3.18. The minimum atomic E-state index is -0.0870. The molecule has 0 bridgehead atoms. The van der Waals surface area contributed by atoms with Gasteiger partial charge in [0.25, 0.3) is 5.91 Å². The molecule has 3 aromatic rings. The van der Waals surface area contributed by atoms with E-state index >= 15 is 0 Å². The van der Waals surface area contributed by atoms with Gasteiger partial charge in [-0.05, 0) is 60.1 Å². The van der Waals surface area contributed by atoms with Gasteiger partial charge in [-0.2, -0.15) is 0 Å². The number of piperidine rings is 2. The van der Waals surface area contributed by atoms with E-state index < -0.39 is 0 Å². The van der Waals surface area contributed by atoms with Crippen LogP contribution < -0.4 is 0 Å². The van der Waals surface area contributed by atoms with Crippen LogP contribution >= 0.6 is 0 Å². The normalized spacial score (nSPS) is 21.4. The van der Waals surface area contributed by atoms with Gasteiger partial charge < -0.3 is 9.80 Å². The summed E-state index contributed by atoms with van der Waals surface area (Å²) in [6.07, 6.45) is 4.97. The Balaban J connectivity index is 1.07. The van der Waals surface area contributed by atoms with E-state index in [1.54, 1.807) is 0 Å². The molecule has 0 aliphatic carbocycles. The van der Waals surface area contributed by atoms with Crippen LogP contribution in [0.5, 0.6) is 0 Å². The summed E-state index contributed by atoms with van der Waals surface area (Å²) in [6, 6.07) is 23.3. The number of carbonyl (C=O) groups is 2. The van der Waals surface area contributed by atoms with Gasteiger partial charge in [0.05, 0.1) is 5.92 Å². The number of likely N-dealkylation sites (tertiary alicyclic amines) is 2. The van der Waals surface area contributed by atoms with Crippen LogP contribution in [0.2, 0.25) is 0 Å². The van der Waals surface area contributed by atoms with Gasteiger partial charge >= 0.3 is 0 Å². The summed E-state index contributed by atoms with van der Waals surface area (Å²) >= 11 is 0. The molecular formula is C31H35N3O2. The molecule has 0 aromatic heterocycles. The van der Waals surface area contributed by atoms with E-state index in [2.05, 4.69) is 34.1 Å². The fourth-order valence-corrected chi connectivity index (χ4v) is 6.48. The van der Waals surface area contributed by atoms with E-state index in [0.717, 1.165) is 81.2 Å². The molecule has 2 amide bonds. The van der Waals surface area contributed by atoms with Gasteiger partial charge in [0.2, 0.25) is 5.91 Å². The molecule has 0 saturated carbocycles. The maximum absolute atomic E-state index is 13.5. The predicted molar refractivity (Wildman–Crippen MR) is 143 cm³/mol. The maximum atomic E-state index is 13.5. The number of nitrogens with zero attached hydrogens (tertiary/aromatic N) is 3. The van der Waals surface area contributed by atoms with Crippen molar-refractivity contribution in [3.63, 3.8) is 0 Å². The van der Waals surface area contributed by atoms with Crippen LogP contribution in [0.1, 0.15) is 47.2 Å². The fourth-order valence-electron chi connectivity index (χ4n) is 6.48. The third-order valence-electron chi connectivity index (χ3n) is 8.53. The van der Waals surface area contributed by atoms with Crippen molar-refractivity contribution >= 4 is 22.6 Å². The van der Waals surface area contributed by atoms with E-state index in [9.17, 15) is 9.59 Å². The van der Waals surface area contributed by atoms with Crippen LogP contribution in [0.4, 0.5) is 0 Å². The molecule has 3 aromatic carbocycles. The molecule has 0 spiro atoms. The average molecular weight is 482 g/mol. The first-order valence-corrected chi connectivity index (χ1v) is 13.5. The lowest BCUT2D eigenvalue weighted by atomic mass is 9.92. The highest BCUT2D eigenvalue weighted by molar-refractivity contribution is 6.07. The molecule has 186 valence electrons. The van der Waals surface area contributed by atoms with Gasteiger partial charge in [-0.15, -0.1) is 0 Å². The first-order chi connectivity index (χ1) is 17.7. The lowest BCUT2D eigenvalue weighted by molar-refractivity contribution is -0.138. The van der Waals surface area contributed by atoms with Crippen LogP contribution in [0.15, 0.2) is 66.7 Å². The van der Waals surface area contributed by atoms with Gasteiger partial charge in [0.15, 0.2) is 0 Å². The van der Waals surface area contributed by atoms with Crippen molar-refractivity contribution in [3.05, 3.63) is 83.4 Å². The number of fused-ring (bicyclic) bond motifs is 2. The molecule has 1 atom stereocenters. The molecule has 3 aliphatic heterocycles. The van der Waals surface area contributed by atoms with Crippen molar-refractivity contribution in [1.29, 1.82) is 0 Å². The minimum Gasteiger partial charge on any atom is -0.342 e. The van der Waals surface area contributed by atoms with Crippen LogP contribution in [0.25, 0.3) is 10.8 Å². The zero-order chi connectivity index (χ0) is 24.5. The largest absolute Gasteiger partial charge is 0.342 e. The first kappa shape index (κ1) is 23.2. The first-order valence-electron chi connectivity index (χ1n) is 13.5. The minimum absolute atomic E-state index is 0.0494. The number of hydrogen-bond acceptors (Lipinski definition) is 3. The Morgan fingerprint density at radius 2 is 1.47 bits per heavy atom. The fraction of sp³-hybridized carbons (Fsp3) is 0.419. The van der Waals surface area contributed by atoms with Crippen LogP contribution in [0, 0.1) is 5.92 Å². The summed E-state index contributed by atoms with van der Waals surface area (Å²) in [6.45, 7) is 5.06. The lowest BCUT2D eigenvalue weighted by Crippen LogP contribution is -2.51. The van der Waals surface area contributed by atoms with Crippen LogP contribution in [-0.4, -0.2) is 65.3 Å². The Kier molecular flexibility index (Phi) is 6.49. The molecule has 2 fully saturated rings. The molecule has 5 heteroatoms. The molecule has 3 heterocycles. The predicted octanol–water partition coefficient (Wildman–Crippen LogP) is 4.74. The van der Waals surface area contributed by atoms with Crippen LogP contribution in [-0.2, 0) is 17.8 Å². The second-order valence-corrected chi connectivity index (χ2v) is 10.7. The van der Waals surface area contributed by atoms with Gasteiger partial charge in [-0.3, -0.25) is 14.5 Å². The van der Waals surface area contributed by atoms with Crippen molar-refractivity contribution in [2.75, 3.05) is 32.7 Å². The third kappa shape index (κ3) is 4.53. The highest BCUT2D eigenvalue weighted by Gasteiger charge is 2.35. The van der Waals surface area contributed by atoms with Crippen molar-refractivity contribution in [3.8, 4) is 0 Å². The maximum Gasteiger partial charge on any atom is 0.254 e. The molecule has 0 N–H and O–H groups in total. The summed E-state index contributed by atoms with van der Waals surface area (Å²) in [7, 11) is 0. The zero-order valence-electron chi connectivity index (χ0n) is 20.9. The van der Waals surface area contributed by atoms with Gasteiger partial charge in [0, 0.05) is 50.9 Å². The molecule has 0 radical (unpaired) electrons. The summed E-state index contributed by atoms with van der Waals surface area (Å²) in [5.74, 6) is 0.206. The summed E-state index contributed by atoms with van der Waals surface area (Å²) in [5.41, 5.74) is 3.69. The molecule has 2 saturated heterocycles. The number of benzene rings is 3. The highest BCUT2D eigenvalue weighted by atomic mass is 16.2. The van der Waals surface area contributed by atoms with Crippen molar-refractivity contribution < 1.29 is 9.59 Å². The molecule has 5 nitrogen and oxygen atoms in total. The number of carbonyl (C=O) groups excluding carboxylic acids is 2. The quantitative estimate of drug-likeness (QED) is 0.543. The van der Waals surface area contributed by atoms with E-state index in [1.807, 2.05) is 47.4 Å². The molecule has 6 rings (SSSR count). The van der Waals surface area contributed by atoms with Crippen molar-refractivity contribution in [2.45, 2.75) is 44.7 Å². The topological polar surface area (TPSA) is 43.9 Å². The van der Waals surface area contributed by atoms with Crippen LogP contribution in [0.3, 0.4) is 0 Å². The number of amides is 2. The Bertz CT molecular complexity index is 1260. The third-order valence-corrected chi connectivity index (χ3v) is 8.53. The zero-order valence-corrected chi connectivity index (χ0v) is 20.9. The second-order valence-electron chi connectivity index (χ2n) is 10.7. The summed E-state index contributed by atoms with van der Waals surface area (Å²) in [4.78, 5) is 33.6. The SMILES string of the molecule is O=C(c1cccc2ccccc12)N1CCCC(C(=O)N2CCC(N3CCc4ccccc4C3)CC2)C1. The van der Waals surface area contributed by atoms with Gasteiger partial charge in [-0.1, -0.05) is 60.7 Å². The summed E-state index contributed by atoms with van der Waals surface area (Å²) < 4.78 is 0. The van der Waals surface area contributed by atoms with E-state index in [1.165, 1.54) is 11.1 Å². The van der Waals surface area contributed by atoms with E-state index in [-0.39, 0.29) is 17.7 Å². The Morgan fingerprint density at radius 1 is 0.722 bits per heavy atom. The molecule has 36 heavy (non-hydrogen) atoms. The second kappa shape index (κ2) is 10.1. The molecule has 1 unspecified atom stereocenters. The molecular weight excluding hydrogens is 446 g/mol. The Labute approximate surface area is 213 Å². The monoisotopic (exact) mass is 481 g/mol. The summed E-state index contributed by atoms with van der Waals surface area (Å²) in [5, 5.41) is 2.06. The Morgan fingerprint density at radius 3 is 2.33 bits per heavy atom. The highest BCUT2D eigenvalue weighted by Crippen LogP contribution is 2.28. The number of hydrogen-bond donors (Lipinski definition) is 0. The molecule has 3 aliphatic rings. The number of rotatable bonds is 3. The van der Waals surface area contributed by atoms with Gasteiger partial charge in [-0.25, -0.2) is 0 Å². The standard InChI is InChI=1S/C31H35N3O2/c35-30(32-19-15-27(16-20-32)33-18-14-23-7-1-2-9-25(23)21-33)26-11-6-17-34(22-26)31(36)29-13-5-10-24-8-3-4-12-28(24)29/h1-5,7-10,12-13,26-27H,6,11,14-22H2. The lowest BCUT2D eigenvalue weighted by Gasteiger charge is -2.42. The van der Waals surface area contributed by atoms with E-state index in [0.29, 0.717) is 12.6 Å². The smallest absolute Gasteiger partial charge is 0.254 e.